The van der Waals surface area contributed by atoms with E-state index in [9.17, 15) is 0 Å². The van der Waals surface area contributed by atoms with Crippen molar-refractivity contribution in [2.75, 3.05) is 40.4 Å². The number of likely N-dealkylation sites (N-methyl/N-ethyl adjacent to an activating group) is 1. The summed E-state index contributed by atoms with van der Waals surface area (Å²) in [5.74, 6) is 0. The lowest BCUT2D eigenvalue weighted by molar-refractivity contribution is 0.135. The number of hydrogen-bond donors (Lipinski definition) is 1. The Morgan fingerprint density at radius 2 is 2.00 bits per heavy atom. The van der Waals surface area contributed by atoms with E-state index in [-0.39, 0.29) is 0 Å². The van der Waals surface area contributed by atoms with Gasteiger partial charge in [0, 0.05) is 25.7 Å². The normalized spacial score (nSPS) is 13.6. The van der Waals surface area contributed by atoms with Crippen molar-refractivity contribution in [2.24, 2.45) is 0 Å². The maximum Gasteiger partial charge on any atom is 0.0590 e. The molecule has 3 heteroatoms. The molecule has 1 unspecified atom stereocenters. The van der Waals surface area contributed by atoms with Gasteiger partial charge in [0.25, 0.3) is 0 Å². The monoisotopic (exact) mass is 188 g/mol. The second-order valence-electron chi connectivity index (χ2n) is 3.63. The van der Waals surface area contributed by atoms with Gasteiger partial charge in [-0.15, -0.1) is 0 Å². The van der Waals surface area contributed by atoms with Gasteiger partial charge in [0.05, 0.1) is 6.61 Å². The summed E-state index contributed by atoms with van der Waals surface area (Å²) in [6.07, 6.45) is 1.11. The van der Waals surface area contributed by atoms with Crippen molar-refractivity contribution in [3.63, 3.8) is 0 Å². The number of nitrogens with one attached hydrogen (secondary N) is 1. The van der Waals surface area contributed by atoms with Gasteiger partial charge in [-0.05, 0) is 27.4 Å². The van der Waals surface area contributed by atoms with Crippen LogP contribution in [-0.4, -0.2) is 51.3 Å². The SMILES string of the molecule is CCCOCCNCC(C)N(C)C. The molecular weight excluding hydrogens is 164 g/mol. The van der Waals surface area contributed by atoms with Crippen LogP contribution in [0.2, 0.25) is 0 Å². The summed E-state index contributed by atoms with van der Waals surface area (Å²) >= 11 is 0. The van der Waals surface area contributed by atoms with Crippen molar-refractivity contribution in [1.29, 1.82) is 0 Å². The van der Waals surface area contributed by atoms with E-state index in [2.05, 4.69) is 38.2 Å². The van der Waals surface area contributed by atoms with Gasteiger partial charge in [-0.25, -0.2) is 0 Å². The summed E-state index contributed by atoms with van der Waals surface area (Å²) in [5, 5.41) is 3.36. The van der Waals surface area contributed by atoms with E-state index in [1.807, 2.05) is 0 Å². The van der Waals surface area contributed by atoms with Crippen LogP contribution in [0.4, 0.5) is 0 Å². The van der Waals surface area contributed by atoms with Crippen molar-refractivity contribution in [3.05, 3.63) is 0 Å². The maximum atomic E-state index is 5.35. The third kappa shape index (κ3) is 8.22. The third-order valence-electron chi connectivity index (χ3n) is 2.09. The molecule has 0 aromatic carbocycles. The molecule has 0 aromatic heterocycles. The molecule has 0 saturated carbocycles. The zero-order valence-corrected chi connectivity index (χ0v) is 9.47. The molecule has 0 spiro atoms. The van der Waals surface area contributed by atoms with Crippen LogP contribution in [-0.2, 0) is 4.74 Å². The Hall–Kier alpha value is -0.120. The number of nitrogens with zero attached hydrogens (tertiary/aromatic N) is 1. The number of ether oxygens (including phenoxy) is 1. The second-order valence-corrected chi connectivity index (χ2v) is 3.63. The van der Waals surface area contributed by atoms with E-state index in [1.54, 1.807) is 0 Å². The molecule has 0 amide bonds. The smallest absolute Gasteiger partial charge is 0.0590 e. The lowest BCUT2D eigenvalue weighted by Gasteiger charge is -2.19. The summed E-state index contributed by atoms with van der Waals surface area (Å²) in [4.78, 5) is 2.21. The van der Waals surface area contributed by atoms with Gasteiger partial charge in [-0.3, -0.25) is 0 Å². The zero-order valence-electron chi connectivity index (χ0n) is 9.47. The van der Waals surface area contributed by atoms with E-state index < -0.39 is 0 Å². The van der Waals surface area contributed by atoms with E-state index >= 15 is 0 Å². The van der Waals surface area contributed by atoms with Crippen molar-refractivity contribution in [2.45, 2.75) is 26.3 Å². The molecule has 0 heterocycles. The van der Waals surface area contributed by atoms with Crippen molar-refractivity contribution in [1.82, 2.24) is 10.2 Å². The van der Waals surface area contributed by atoms with Crippen LogP contribution < -0.4 is 5.32 Å². The fraction of sp³-hybridized carbons (Fsp3) is 1.00. The standard InChI is InChI=1S/C10H24N2O/c1-5-7-13-8-6-11-9-10(2)12(3)4/h10-11H,5-9H2,1-4H3. The molecule has 0 rings (SSSR count). The minimum absolute atomic E-state index is 0.589. The molecular formula is C10H24N2O. The molecule has 0 fully saturated rings. The van der Waals surface area contributed by atoms with Crippen LogP contribution >= 0.6 is 0 Å². The largest absolute Gasteiger partial charge is 0.380 e. The van der Waals surface area contributed by atoms with E-state index in [0.29, 0.717) is 6.04 Å². The average molecular weight is 188 g/mol. The first-order valence-electron chi connectivity index (χ1n) is 5.13. The highest BCUT2D eigenvalue weighted by Crippen LogP contribution is 1.87. The fourth-order valence-electron chi connectivity index (χ4n) is 0.884. The summed E-state index contributed by atoms with van der Waals surface area (Å²) in [7, 11) is 4.19. The molecule has 80 valence electrons. The number of rotatable bonds is 8. The minimum atomic E-state index is 0.589. The second kappa shape index (κ2) is 8.48. The first kappa shape index (κ1) is 12.9. The molecule has 0 saturated heterocycles. The molecule has 13 heavy (non-hydrogen) atoms. The zero-order chi connectivity index (χ0) is 10.1. The highest BCUT2D eigenvalue weighted by atomic mass is 16.5. The molecule has 0 bridgehead atoms. The van der Waals surface area contributed by atoms with Crippen molar-refractivity contribution >= 4 is 0 Å². The minimum Gasteiger partial charge on any atom is -0.380 e. The topological polar surface area (TPSA) is 24.5 Å². The third-order valence-corrected chi connectivity index (χ3v) is 2.09. The van der Waals surface area contributed by atoms with Crippen LogP contribution in [0.1, 0.15) is 20.3 Å². The van der Waals surface area contributed by atoms with Crippen LogP contribution in [0.3, 0.4) is 0 Å². The highest BCUT2D eigenvalue weighted by Gasteiger charge is 2.01. The summed E-state index contributed by atoms with van der Waals surface area (Å²) in [6.45, 7) is 8.03. The van der Waals surface area contributed by atoms with Crippen LogP contribution in [0, 0.1) is 0 Å². The molecule has 0 aliphatic heterocycles. The van der Waals surface area contributed by atoms with Gasteiger partial charge in [-0.2, -0.15) is 0 Å². The fourth-order valence-corrected chi connectivity index (χ4v) is 0.884. The van der Waals surface area contributed by atoms with E-state index in [0.717, 1.165) is 32.7 Å². The van der Waals surface area contributed by atoms with Gasteiger partial charge in [-0.1, -0.05) is 6.92 Å². The van der Waals surface area contributed by atoms with Gasteiger partial charge in [0.2, 0.25) is 0 Å². The molecule has 1 atom stereocenters. The van der Waals surface area contributed by atoms with Gasteiger partial charge in [0.1, 0.15) is 0 Å². The molecule has 0 aliphatic carbocycles. The molecule has 1 N–H and O–H groups in total. The molecule has 0 aliphatic rings. The Morgan fingerprint density at radius 3 is 2.54 bits per heavy atom. The predicted molar refractivity (Wildman–Crippen MR) is 57.1 cm³/mol. The highest BCUT2D eigenvalue weighted by molar-refractivity contribution is 4.62. The first-order valence-corrected chi connectivity index (χ1v) is 5.13. The van der Waals surface area contributed by atoms with Crippen LogP contribution in [0.5, 0.6) is 0 Å². The quantitative estimate of drug-likeness (QED) is 0.574. The number of hydrogen-bond acceptors (Lipinski definition) is 3. The Kier molecular flexibility index (Phi) is 8.40. The van der Waals surface area contributed by atoms with Gasteiger partial charge in [0.15, 0.2) is 0 Å². The summed E-state index contributed by atoms with van der Waals surface area (Å²) < 4.78 is 5.35. The van der Waals surface area contributed by atoms with Crippen LogP contribution in [0.15, 0.2) is 0 Å². The van der Waals surface area contributed by atoms with Crippen molar-refractivity contribution in [3.8, 4) is 0 Å². The van der Waals surface area contributed by atoms with Gasteiger partial charge < -0.3 is 15.0 Å². The maximum absolute atomic E-state index is 5.35. The molecule has 3 nitrogen and oxygen atoms in total. The molecule has 0 aromatic rings. The Bertz CT molecular complexity index is 107. The van der Waals surface area contributed by atoms with Crippen LogP contribution in [0.25, 0.3) is 0 Å². The average Bonchev–Trinajstić information content (AvgIpc) is 2.10. The first-order chi connectivity index (χ1) is 6.18. The van der Waals surface area contributed by atoms with E-state index in [4.69, 9.17) is 4.74 Å². The van der Waals surface area contributed by atoms with Gasteiger partial charge >= 0.3 is 0 Å². The van der Waals surface area contributed by atoms with Crippen molar-refractivity contribution < 1.29 is 4.74 Å². The Labute approximate surface area is 82.4 Å². The van der Waals surface area contributed by atoms with E-state index in [1.165, 1.54) is 0 Å². The predicted octanol–water partition coefficient (Wildman–Crippen LogP) is 0.953. The summed E-state index contributed by atoms with van der Waals surface area (Å²) in [5.41, 5.74) is 0. The Morgan fingerprint density at radius 1 is 1.31 bits per heavy atom. The summed E-state index contributed by atoms with van der Waals surface area (Å²) in [6, 6.07) is 0.589. The molecule has 0 radical (unpaired) electrons. The lowest BCUT2D eigenvalue weighted by atomic mass is 10.3. The Balaban J connectivity index is 3.07. The lowest BCUT2D eigenvalue weighted by Crippen LogP contribution is -2.36.